The van der Waals surface area contributed by atoms with E-state index in [-0.39, 0.29) is 12.0 Å². The Morgan fingerprint density at radius 2 is 1.72 bits per heavy atom. The van der Waals surface area contributed by atoms with Crippen molar-refractivity contribution in [2.24, 2.45) is 0 Å². The van der Waals surface area contributed by atoms with Crippen LogP contribution in [-0.4, -0.2) is 9.55 Å². The Kier molecular flexibility index (Phi) is 4.24. The second-order valence-electron chi connectivity index (χ2n) is 7.26. The Hall–Kier alpha value is -3.66. The summed E-state index contributed by atoms with van der Waals surface area (Å²) in [5, 5.41) is 0. The van der Waals surface area contributed by atoms with Gasteiger partial charge in [0.05, 0.1) is 12.0 Å². The van der Waals surface area contributed by atoms with Gasteiger partial charge < -0.3 is 9.47 Å². The number of fused-ring (bicyclic) bond motifs is 1. The van der Waals surface area contributed by atoms with Crippen LogP contribution in [0.3, 0.4) is 0 Å². The lowest BCUT2D eigenvalue weighted by atomic mass is 9.94. The third-order valence-electron chi connectivity index (χ3n) is 5.31. The molecule has 1 aliphatic rings. The fourth-order valence-corrected chi connectivity index (χ4v) is 3.91. The Morgan fingerprint density at radius 3 is 2.45 bits per heavy atom. The number of aryl methyl sites for hydroxylation is 1. The number of rotatable bonds is 3. The summed E-state index contributed by atoms with van der Waals surface area (Å²) in [5.74, 6) is -0.241. The molecule has 1 unspecified atom stereocenters. The topological polar surface area (TPSA) is 21.1 Å². The fraction of sp³-hybridized carbons (Fsp3) is 0.0800. The third kappa shape index (κ3) is 3.13. The van der Waals surface area contributed by atoms with Crippen molar-refractivity contribution in [2.45, 2.75) is 13.1 Å². The lowest BCUT2D eigenvalue weighted by Crippen LogP contribution is -2.34. The van der Waals surface area contributed by atoms with Crippen molar-refractivity contribution < 1.29 is 4.39 Å². The van der Waals surface area contributed by atoms with E-state index in [2.05, 4.69) is 59.3 Å². The summed E-state index contributed by atoms with van der Waals surface area (Å²) < 4.78 is 16.3. The monoisotopic (exact) mass is 381 g/mol. The highest BCUT2D eigenvalue weighted by molar-refractivity contribution is 5.93. The van der Waals surface area contributed by atoms with Crippen LogP contribution >= 0.6 is 0 Å². The molecule has 1 atom stereocenters. The van der Waals surface area contributed by atoms with Gasteiger partial charge in [-0.25, -0.2) is 9.37 Å². The van der Waals surface area contributed by atoms with Crippen LogP contribution in [-0.2, 0) is 0 Å². The highest BCUT2D eigenvalue weighted by atomic mass is 19.1. The average Bonchev–Trinajstić information content (AvgIpc) is 3.28. The Balaban J connectivity index is 1.79. The zero-order valence-corrected chi connectivity index (χ0v) is 16.0. The maximum Gasteiger partial charge on any atom is 0.138 e. The van der Waals surface area contributed by atoms with E-state index < -0.39 is 0 Å². The summed E-state index contributed by atoms with van der Waals surface area (Å²) in [4.78, 5) is 6.50. The minimum absolute atomic E-state index is 0.241. The number of hydrogen-bond donors (Lipinski definition) is 0. The molecule has 0 spiro atoms. The van der Waals surface area contributed by atoms with Crippen molar-refractivity contribution in [1.82, 2.24) is 9.55 Å². The van der Waals surface area contributed by atoms with Crippen LogP contribution in [0.25, 0.3) is 11.8 Å². The molecule has 1 aromatic heterocycles. The molecule has 1 aliphatic heterocycles. The number of aromatic nitrogens is 2. The molecule has 0 fully saturated rings. The minimum atomic E-state index is -0.244. The van der Waals surface area contributed by atoms with Gasteiger partial charge in [0.2, 0.25) is 0 Å². The average molecular weight is 381 g/mol. The first-order chi connectivity index (χ1) is 14.2. The van der Waals surface area contributed by atoms with Crippen LogP contribution in [0.5, 0.6) is 0 Å². The van der Waals surface area contributed by atoms with Crippen molar-refractivity contribution in [2.75, 3.05) is 4.90 Å². The minimum Gasteiger partial charge on any atom is -0.315 e. The van der Waals surface area contributed by atoms with Gasteiger partial charge in [-0.2, -0.15) is 0 Å². The molecule has 5 rings (SSSR count). The summed E-state index contributed by atoms with van der Waals surface area (Å²) in [6.07, 6.45) is 7.36. The van der Waals surface area contributed by atoms with Crippen LogP contribution in [0.4, 0.5) is 10.1 Å². The molecule has 3 aromatic carbocycles. The zero-order chi connectivity index (χ0) is 19.8. The highest BCUT2D eigenvalue weighted by Gasteiger charge is 2.32. The van der Waals surface area contributed by atoms with Crippen molar-refractivity contribution in [3.8, 4) is 0 Å². The van der Waals surface area contributed by atoms with Crippen molar-refractivity contribution in [3.63, 3.8) is 0 Å². The lowest BCUT2D eigenvalue weighted by molar-refractivity contribution is 0.575. The number of halogens is 1. The first kappa shape index (κ1) is 17.4. The van der Waals surface area contributed by atoms with Gasteiger partial charge in [0.25, 0.3) is 0 Å². The van der Waals surface area contributed by atoms with Gasteiger partial charge in [-0.1, -0.05) is 54.1 Å². The molecular weight excluding hydrogens is 361 g/mol. The first-order valence-electron chi connectivity index (χ1n) is 9.60. The molecule has 4 heteroatoms. The van der Waals surface area contributed by atoms with Crippen molar-refractivity contribution in [1.29, 1.82) is 0 Å². The highest BCUT2D eigenvalue weighted by Crippen LogP contribution is 2.42. The van der Waals surface area contributed by atoms with E-state index in [4.69, 9.17) is 0 Å². The van der Waals surface area contributed by atoms with Gasteiger partial charge in [-0.05, 0) is 48.4 Å². The predicted molar refractivity (Wildman–Crippen MR) is 115 cm³/mol. The maximum absolute atomic E-state index is 14.2. The van der Waals surface area contributed by atoms with E-state index in [1.807, 2.05) is 35.0 Å². The van der Waals surface area contributed by atoms with Gasteiger partial charge in [0, 0.05) is 23.6 Å². The van der Waals surface area contributed by atoms with E-state index in [1.165, 1.54) is 11.6 Å². The van der Waals surface area contributed by atoms with Crippen LogP contribution < -0.4 is 4.90 Å². The van der Waals surface area contributed by atoms with E-state index in [0.717, 1.165) is 28.1 Å². The standard InChI is InChI=1S/C25H20FN3/c1-18-7-11-22(12-8-18)29-24(19-5-3-2-4-6-19)15-20-9-10-21(26)16-23(20)25(29)28-14-13-27-17-28/h2-17,25H,1H3. The van der Waals surface area contributed by atoms with E-state index in [1.54, 1.807) is 18.6 Å². The third-order valence-corrected chi connectivity index (χ3v) is 5.31. The maximum atomic E-state index is 14.2. The quantitative estimate of drug-likeness (QED) is 0.441. The van der Waals surface area contributed by atoms with Gasteiger partial charge in [0.15, 0.2) is 0 Å². The van der Waals surface area contributed by atoms with Crippen LogP contribution in [0, 0.1) is 12.7 Å². The SMILES string of the molecule is Cc1ccc(N2C(c3ccccc3)=Cc3ccc(F)cc3C2n2ccnc2)cc1. The number of anilines is 1. The Labute approximate surface area is 169 Å². The molecule has 0 radical (unpaired) electrons. The number of benzene rings is 3. The fourth-order valence-electron chi connectivity index (χ4n) is 3.91. The predicted octanol–water partition coefficient (Wildman–Crippen LogP) is 5.90. The smallest absolute Gasteiger partial charge is 0.138 e. The lowest BCUT2D eigenvalue weighted by Gasteiger charge is -2.40. The number of hydrogen-bond acceptors (Lipinski definition) is 2. The summed E-state index contributed by atoms with van der Waals surface area (Å²) in [6.45, 7) is 2.08. The van der Waals surface area contributed by atoms with Crippen LogP contribution in [0.1, 0.15) is 28.4 Å². The molecule has 3 nitrogen and oxygen atoms in total. The van der Waals surface area contributed by atoms with Gasteiger partial charge in [0.1, 0.15) is 12.0 Å². The number of imidazole rings is 1. The molecule has 0 aliphatic carbocycles. The Bertz CT molecular complexity index is 1160. The largest absolute Gasteiger partial charge is 0.315 e. The van der Waals surface area contributed by atoms with Gasteiger partial charge >= 0.3 is 0 Å². The summed E-state index contributed by atoms with van der Waals surface area (Å²) in [6, 6.07) is 23.7. The van der Waals surface area contributed by atoms with E-state index >= 15 is 0 Å². The molecule has 0 N–H and O–H groups in total. The molecule has 0 saturated carbocycles. The van der Waals surface area contributed by atoms with Crippen molar-refractivity contribution in [3.05, 3.63) is 120 Å². The van der Waals surface area contributed by atoms with E-state index in [0.29, 0.717) is 0 Å². The summed E-state index contributed by atoms with van der Waals surface area (Å²) >= 11 is 0. The van der Waals surface area contributed by atoms with Gasteiger partial charge in [-0.3, -0.25) is 0 Å². The molecule has 0 saturated heterocycles. The van der Waals surface area contributed by atoms with E-state index in [9.17, 15) is 4.39 Å². The molecule has 29 heavy (non-hydrogen) atoms. The molecule has 2 heterocycles. The number of nitrogens with zero attached hydrogens (tertiary/aromatic N) is 3. The second-order valence-corrected chi connectivity index (χ2v) is 7.26. The summed E-state index contributed by atoms with van der Waals surface area (Å²) in [7, 11) is 0. The molecule has 142 valence electrons. The molecule has 0 amide bonds. The van der Waals surface area contributed by atoms with Crippen LogP contribution in [0.15, 0.2) is 91.5 Å². The molecular formula is C25H20FN3. The van der Waals surface area contributed by atoms with Crippen LogP contribution in [0.2, 0.25) is 0 Å². The second kappa shape index (κ2) is 7.06. The van der Waals surface area contributed by atoms with Gasteiger partial charge in [-0.15, -0.1) is 0 Å². The zero-order valence-electron chi connectivity index (χ0n) is 16.0. The first-order valence-corrected chi connectivity index (χ1v) is 9.60. The molecule has 0 bridgehead atoms. The normalized spacial score (nSPS) is 15.7. The Morgan fingerprint density at radius 1 is 0.931 bits per heavy atom. The summed E-state index contributed by atoms with van der Waals surface area (Å²) in [5.41, 5.74) is 6.32. The van der Waals surface area contributed by atoms with Crippen molar-refractivity contribution >= 4 is 17.5 Å². The molecule has 4 aromatic rings.